The van der Waals surface area contributed by atoms with Gasteiger partial charge in [-0.15, -0.1) is 0 Å². The predicted octanol–water partition coefficient (Wildman–Crippen LogP) is 7.20. The van der Waals surface area contributed by atoms with Crippen molar-refractivity contribution in [1.82, 2.24) is 5.32 Å². The van der Waals surface area contributed by atoms with Crippen molar-refractivity contribution in [3.05, 3.63) is 146 Å². The van der Waals surface area contributed by atoms with Gasteiger partial charge in [-0.1, -0.05) is 185 Å². The van der Waals surface area contributed by atoms with Crippen molar-refractivity contribution in [1.29, 1.82) is 0 Å². The molecule has 0 radical (unpaired) electrons. The maximum atomic E-state index is 13.3. The molecule has 19 nitrogen and oxygen atoms in total. The first kappa shape index (κ1) is 77.9. The first-order chi connectivity index (χ1) is 42.8. The van der Waals surface area contributed by atoms with E-state index in [9.17, 15) is 61.0 Å². The highest BCUT2D eigenvalue weighted by atomic mass is 16.8. The van der Waals surface area contributed by atoms with Gasteiger partial charge in [0, 0.05) is 6.42 Å². The Kier molecular flexibility index (Phi) is 43.7. The van der Waals surface area contributed by atoms with Crippen LogP contribution < -0.4 is 5.32 Å². The molecular weight excluding hydrogens is 1130 g/mol. The van der Waals surface area contributed by atoms with E-state index in [4.69, 9.17) is 28.4 Å². The molecule has 498 valence electrons. The van der Waals surface area contributed by atoms with E-state index in [1.54, 1.807) is 12.2 Å². The van der Waals surface area contributed by atoms with Crippen LogP contribution in [0.5, 0.6) is 0 Å². The molecular formula is C69H109NO18. The van der Waals surface area contributed by atoms with Crippen LogP contribution >= 0.6 is 0 Å². The van der Waals surface area contributed by atoms with E-state index in [0.717, 1.165) is 116 Å². The fraction of sp³-hybridized carbons (Fsp3) is 0.638. The molecule has 0 aromatic carbocycles. The van der Waals surface area contributed by atoms with Gasteiger partial charge in [0.25, 0.3) is 0 Å². The number of aliphatic hydroxyl groups is 11. The summed E-state index contributed by atoms with van der Waals surface area (Å²) >= 11 is 0. The molecule has 0 aromatic heterocycles. The molecule has 3 aliphatic rings. The minimum Gasteiger partial charge on any atom is -0.394 e. The van der Waals surface area contributed by atoms with Gasteiger partial charge in [-0.05, 0) is 103 Å². The van der Waals surface area contributed by atoms with Crippen molar-refractivity contribution in [2.45, 2.75) is 253 Å². The van der Waals surface area contributed by atoms with Gasteiger partial charge >= 0.3 is 0 Å². The summed E-state index contributed by atoms with van der Waals surface area (Å²) in [5, 5.41) is 120. The summed E-state index contributed by atoms with van der Waals surface area (Å²) < 4.78 is 34.1. The van der Waals surface area contributed by atoms with Crippen LogP contribution in [0.2, 0.25) is 0 Å². The summed E-state index contributed by atoms with van der Waals surface area (Å²) in [4.78, 5) is 13.3. The smallest absolute Gasteiger partial charge is 0.220 e. The maximum absolute atomic E-state index is 13.3. The molecule has 88 heavy (non-hydrogen) atoms. The van der Waals surface area contributed by atoms with Crippen LogP contribution in [0.15, 0.2) is 146 Å². The summed E-state index contributed by atoms with van der Waals surface area (Å²) in [7, 11) is 0. The number of carbonyl (C=O) groups excluding carboxylic acids is 1. The SMILES string of the molecule is CC/C=C\C/C=C\C/C=C\C/C=C\C/C=C\C/C=C\C/C=C\C/C=C\C/C=C\C/C=C\CCCCCCC(=O)NC(COC1OC(CO)C(OC2OC(CO)C(OC3OC(CO)C(O)C(O)C3O)C(O)C2O)C(O)C1O)C(O)/C=C/CC/C=C/CCCC. The number of aliphatic hydroxyl groups excluding tert-OH is 11. The molecule has 0 spiro atoms. The second-order valence-corrected chi connectivity index (χ2v) is 22.1. The average molecular weight is 1240 g/mol. The lowest BCUT2D eigenvalue weighted by Gasteiger charge is -2.48. The molecule has 19 heteroatoms. The van der Waals surface area contributed by atoms with Crippen LogP contribution in [-0.4, -0.2) is 193 Å². The number of hydrogen-bond donors (Lipinski definition) is 12. The molecule has 3 aliphatic heterocycles. The van der Waals surface area contributed by atoms with Crippen LogP contribution in [0.3, 0.4) is 0 Å². The lowest BCUT2D eigenvalue weighted by Crippen LogP contribution is -2.66. The summed E-state index contributed by atoms with van der Waals surface area (Å²) in [6.07, 6.45) is 43.0. The highest BCUT2D eigenvalue weighted by Crippen LogP contribution is 2.33. The Morgan fingerprint density at radius 3 is 1.26 bits per heavy atom. The summed E-state index contributed by atoms with van der Waals surface area (Å²) in [6.45, 7) is 1.43. The Morgan fingerprint density at radius 2 is 0.795 bits per heavy atom. The van der Waals surface area contributed by atoms with E-state index in [1.807, 2.05) is 0 Å². The standard InChI is InChI=1S/C69H109NO18/c1-3-5-7-9-11-13-14-15-16-17-18-19-20-21-22-23-24-25-26-27-28-29-30-31-32-33-34-35-36-37-38-39-41-43-45-47-57(75)70-52(53(74)46-44-42-40-12-10-8-6-4-2)51-83-67-63(81)60(78)65(55(49-72)85-67)88-69-64(82)61(79)66(56(50-73)86-69)87-68-62(80)59(77)58(76)54(48-71)84-68/h5,7,10-13,15-16,18-19,21-22,24-25,27-28,30-31,33-34,36-37,44,46,52-56,58-69,71-74,76-82H,3-4,6,8-9,14,17,20,23,26,29,32,35,38-43,45,47-51H2,1-2H3,(H,70,75)/b7-5-,12-10+,13-11-,16-15-,19-18-,22-21-,25-24-,28-27-,31-30-,34-33-,37-36-,46-44+. The van der Waals surface area contributed by atoms with Crippen LogP contribution in [0.25, 0.3) is 0 Å². The quantitative estimate of drug-likeness (QED) is 0.0212. The lowest BCUT2D eigenvalue weighted by atomic mass is 9.96. The molecule has 0 saturated carbocycles. The number of unbranched alkanes of at least 4 members (excludes halogenated alkanes) is 7. The zero-order valence-electron chi connectivity index (χ0n) is 52.1. The number of ether oxygens (including phenoxy) is 6. The second kappa shape index (κ2) is 49.4. The molecule has 17 atom stereocenters. The van der Waals surface area contributed by atoms with Crippen LogP contribution in [0.4, 0.5) is 0 Å². The topological polar surface area (TPSA) is 307 Å². The third-order valence-corrected chi connectivity index (χ3v) is 14.9. The fourth-order valence-electron chi connectivity index (χ4n) is 9.63. The molecule has 3 fully saturated rings. The van der Waals surface area contributed by atoms with Crippen molar-refractivity contribution in [2.24, 2.45) is 0 Å². The van der Waals surface area contributed by atoms with E-state index in [0.29, 0.717) is 12.8 Å². The molecule has 12 N–H and O–H groups in total. The van der Waals surface area contributed by atoms with Crippen molar-refractivity contribution in [3.8, 4) is 0 Å². The van der Waals surface area contributed by atoms with Crippen LogP contribution in [0.1, 0.15) is 149 Å². The molecule has 3 heterocycles. The summed E-state index contributed by atoms with van der Waals surface area (Å²) in [6, 6.07) is -1.01. The van der Waals surface area contributed by atoms with Crippen molar-refractivity contribution < 1.29 is 89.4 Å². The first-order valence-electron chi connectivity index (χ1n) is 32.1. The predicted molar refractivity (Wildman–Crippen MR) is 341 cm³/mol. The van der Waals surface area contributed by atoms with Crippen molar-refractivity contribution in [2.75, 3.05) is 26.4 Å². The van der Waals surface area contributed by atoms with Crippen molar-refractivity contribution in [3.63, 3.8) is 0 Å². The zero-order chi connectivity index (χ0) is 64.0. The number of allylic oxidation sites excluding steroid dienone is 23. The average Bonchev–Trinajstić information content (AvgIpc) is 1.15. The summed E-state index contributed by atoms with van der Waals surface area (Å²) in [5.74, 6) is -0.322. The van der Waals surface area contributed by atoms with Gasteiger partial charge < -0.3 is 89.9 Å². The van der Waals surface area contributed by atoms with E-state index < -0.39 is 124 Å². The Labute approximate surface area is 523 Å². The molecule has 0 aliphatic carbocycles. The Balaban J connectivity index is 1.37. The number of amides is 1. The number of hydrogen-bond acceptors (Lipinski definition) is 18. The van der Waals surface area contributed by atoms with Crippen LogP contribution in [0, 0.1) is 0 Å². The molecule has 3 rings (SSSR count). The second-order valence-electron chi connectivity index (χ2n) is 22.1. The lowest BCUT2D eigenvalue weighted by molar-refractivity contribution is -0.379. The van der Waals surface area contributed by atoms with E-state index in [-0.39, 0.29) is 18.9 Å². The first-order valence-corrected chi connectivity index (χ1v) is 32.1. The maximum Gasteiger partial charge on any atom is 0.220 e. The van der Waals surface area contributed by atoms with Gasteiger partial charge in [0.1, 0.15) is 73.2 Å². The third-order valence-electron chi connectivity index (χ3n) is 14.9. The van der Waals surface area contributed by atoms with E-state index in [2.05, 4.69) is 153 Å². The Hall–Kier alpha value is -4.33. The van der Waals surface area contributed by atoms with Crippen LogP contribution in [-0.2, 0) is 33.2 Å². The number of nitrogens with one attached hydrogen (secondary N) is 1. The molecule has 17 unspecified atom stereocenters. The minimum atomic E-state index is -1.99. The van der Waals surface area contributed by atoms with Gasteiger partial charge in [0.2, 0.25) is 5.91 Å². The molecule has 0 aromatic rings. The Morgan fingerprint density at radius 1 is 0.420 bits per heavy atom. The van der Waals surface area contributed by atoms with Gasteiger partial charge in [0.05, 0.1) is 38.6 Å². The monoisotopic (exact) mass is 1240 g/mol. The largest absolute Gasteiger partial charge is 0.394 e. The Bertz CT molecular complexity index is 2170. The summed E-state index contributed by atoms with van der Waals surface area (Å²) in [5.41, 5.74) is 0. The third kappa shape index (κ3) is 31.6. The van der Waals surface area contributed by atoms with Gasteiger partial charge in [-0.3, -0.25) is 4.79 Å². The highest BCUT2D eigenvalue weighted by Gasteiger charge is 2.53. The number of carbonyl (C=O) groups is 1. The normalized spacial score (nSPS) is 29.4. The van der Waals surface area contributed by atoms with Crippen molar-refractivity contribution >= 4 is 5.91 Å². The van der Waals surface area contributed by atoms with E-state index >= 15 is 0 Å². The highest BCUT2D eigenvalue weighted by molar-refractivity contribution is 5.76. The molecule has 3 saturated heterocycles. The molecule has 0 bridgehead atoms. The molecule has 1 amide bonds. The fourth-order valence-corrected chi connectivity index (χ4v) is 9.63. The van der Waals surface area contributed by atoms with Gasteiger partial charge in [-0.2, -0.15) is 0 Å². The number of rotatable bonds is 45. The van der Waals surface area contributed by atoms with E-state index in [1.165, 1.54) is 0 Å². The zero-order valence-corrected chi connectivity index (χ0v) is 52.1. The van der Waals surface area contributed by atoms with Gasteiger partial charge in [0.15, 0.2) is 18.9 Å². The minimum absolute atomic E-state index is 0.194. The van der Waals surface area contributed by atoms with Gasteiger partial charge in [-0.25, -0.2) is 0 Å².